The third-order valence-electron chi connectivity index (χ3n) is 1.78. The summed E-state index contributed by atoms with van der Waals surface area (Å²) in [6, 6.07) is 9.05. The second-order valence-electron chi connectivity index (χ2n) is 2.62. The lowest BCUT2D eigenvalue weighted by molar-refractivity contribution is 0.179. The van der Waals surface area contributed by atoms with Crippen LogP contribution in [0.1, 0.15) is 18.1 Å². The van der Waals surface area contributed by atoms with E-state index in [0.717, 1.165) is 0 Å². The van der Waals surface area contributed by atoms with E-state index in [1.807, 2.05) is 12.1 Å². The highest BCUT2D eigenvalue weighted by Crippen LogP contribution is 2.26. The number of aliphatic hydroxyl groups is 1. The van der Waals surface area contributed by atoms with Crippen molar-refractivity contribution in [3.63, 3.8) is 0 Å². The maximum atomic E-state index is 9.53. The average molecular weight is 177 g/mol. The van der Waals surface area contributed by atoms with Crippen molar-refractivity contribution in [2.75, 3.05) is 7.11 Å². The first-order valence-corrected chi connectivity index (χ1v) is 3.97. The molecule has 0 saturated carbocycles. The Bertz CT molecular complexity index is 317. The summed E-state index contributed by atoms with van der Waals surface area (Å²) in [6.45, 7) is 0. The van der Waals surface area contributed by atoms with Crippen LogP contribution in [0, 0.1) is 11.3 Å². The van der Waals surface area contributed by atoms with Gasteiger partial charge in [-0.25, -0.2) is 0 Å². The van der Waals surface area contributed by atoms with Crippen molar-refractivity contribution in [1.82, 2.24) is 0 Å². The van der Waals surface area contributed by atoms with E-state index in [-0.39, 0.29) is 6.42 Å². The Kier molecular flexibility index (Phi) is 3.30. The van der Waals surface area contributed by atoms with Crippen molar-refractivity contribution in [1.29, 1.82) is 5.26 Å². The Labute approximate surface area is 77.2 Å². The smallest absolute Gasteiger partial charge is 0.124 e. The zero-order chi connectivity index (χ0) is 9.68. The van der Waals surface area contributed by atoms with E-state index in [4.69, 9.17) is 10.00 Å². The highest BCUT2D eigenvalue weighted by atomic mass is 16.5. The second kappa shape index (κ2) is 4.48. The number of para-hydroxylation sites is 1. The molecule has 1 aromatic rings. The van der Waals surface area contributed by atoms with Crippen LogP contribution in [0.15, 0.2) is 24.3 Å². The number of rotatable bonds is 3. The van der Waals surface area contributed by atoms with Gasteiger partial charge in [-0.1, -0.05) is 18.2 Å². The van der Waals surface area contributed by atoms with Gasteiger partial charge in [0.2, 0.25) is 0 Å². The summed E-state index contributed by atoms with van der Waals surface area (Å²) >= 11 is 0. The number of methoxy groups -OCH3 is 1. The van der Waals surface area contributed by atoms with Crippen molar-refractivity contribution in [3.8, 4) is 11.8 Å². The van der Waals surface area contributed by atoms with Crippen LogP contribution in [0.5, 0.6) is 5.75 Å². The molecule has 0 aromatic heterocycles. The molecule has 0 spiro atoms. The van der Waals surface area contributed by atoms with Crippen LogP contribution in [0.4, 0.5) is 0 Å². The first kappa shape index (κ1) is 9.56. The van der Waals surface area contributed by atoms with Gasteiger partial charge in [-0.3, -0.25) is 0 Å². The predicted octanol–water partition coefficient (Wildman–Crippen LogP) is 1.64. The Morgan fingerprint density at radius 2 is 2.23 bits per heavy atom. The maximum absolute atomic E-state index is 9.53. The van der Waals surface area contributed by atoms with Crippen LogP contribution < -0.4 is 4.74 Å². The third kappa shape index (κ3) is 2.20. The van der Waals surface area contributed by atoms with E-state index < -0.39 is 6.10 Å². The van der Waals surface area contributed by atoms with Gasteiger partial charge in [-0.2, -0.15) is 5.26 Å². The number of nitrogens with zero attached hydrogens (tertiary/aromatic N) is 1. The van der Waals surface area contributed by atoms with Crippen molar-refractivity contribution in [2.24, 2.45) is 0 Å². The molecule has 0 saturated heterocycles. The molecule has 0 radical (unpaired) electrons. The summed E-state index contributed by atoms with van der Waals surface area (Å²) in [5.41, 5.74) is 0.659. The summed E-state index contributed by atoms with van der Waals surface area (Å²) < 4.78 is 5.04. The van der Waals surface area contributed by atoms with Gasteiger partial charge >= 0.3 is 0 Å². The van der Waals surface area contributed by atoms with E-state index in [1.165, 1.54) is 7.11 Å². The second-order valence-corrected chi connectivity index (χ2v) is 2.62. The molecule has 0 aliphatic rings. The van der Waals surface area contributed by atoms with Crippen molar-refractivity contribution in [3.05, 3.63) is 29.8 Å². The summed E-state index contributed by atoms with van der Waals surface area (Å²) in [5.74, 6) is 0.616. The van der Waals surface area contributed by atoms with E-state index in [2.05, 4.69) is 0 Å². The Balaban J connectivity index is 2.93. The fraction of sp³-hybridized carbons (Fsp3) is 0.300. The summed E-state index contributed by atoms with van der Waals surface area (Å²) in [5, 5.41) is 17.9. The van der Waals surface area contributed by atoms with Gasteiger partial charge < -0.3 is 9.84 Å². The standard InChI is InChI=1S/C10H11NO2/c1-13-10-5-3-2-4-8(10)9(12)6-7-11/h2-5,9,12H,6H2,1H3/t9-/m0/s1. The van der Waals surface area contributed by atoms with Gasteiger partial charge in [-0.15, -0.1) is 0 Å². The van der Waals surface area contributed by atoms with Crippen LogP contribution in [-0.2, 0) is 0 Å². The minimum atomic E-state index is -0.763. The molecule has 1 aromatic carbocycles. The monoisotopic (exact) mass is 177 g/mol. The third-order valence-corrected chi connectivity index (χ3v) is 1.78. The molecule has 0 heterocycles. The number of hydrogen-bond acceptors (Lipinski definition) is 3. The molecule has 13 heavy (non-hydrogen) atoms. The lowest BCUT2D eigenvalue weighted by Crippen LogP contribution is -1.99. The van der Waals surface area contributed by atoms with Crippen LogP contribution in [0.25, 0.3) is 0 Å². The minimum Gasteiger partial charge on any atom is -0.496 e. The first-order chi connectivity index (χ1) is 6.29. The largest absolute Gasteiger partial charge is 0.496 e. The predicted molar refractivity (Wildman–Crippen MR) is 48.2 cm³/mol. The molecule has 0 fully saturated rings. The molecule has 0 aliphatic heterocycles. The molecule has 0 aliphatic carbocycles. The highest BCUT2D eigenvalue weighted by molar-refractivity contribution is 5.35. The number of benzene rings is 1. The van der Waals surface area contributed by atoms with E-state index in [0.29, 0.717) is 11.3 Å². The van der Waals surface area contributed by atoms with Gasteiger partial charge in [0.25, 0.3) is 0 Å². The maximum Gasteiger partial charge on any atom is 0.124 e. The normalized spacial score (nSPS) is 11.8. The Morgan fingerprint density at radius 1 is 1.54 bits per heavy atom. The van der Waals surface area contributed by atoms with E-state index in [1.54, 1.807) is 18.2 Å². The van der Waals surface area contributed by atoms with Crippen LogP contribution >= 0.6 is 0 Å². The molecular formula is C10H11NO2. The van der Waals surface area contributed by atoms with Crippen LogP contribution in [-0.4, -0.2) is 12.2 Å². The average Bonchev–Trinajstić information content (AvgIpc) is 2.18. The number of hydrogen-bond donors (Lipinski definition) is 1. The quantitative estimate of drug-likeness (QED) is 0.763. The molecule has 68 valence electrons. The fourth-order valence-electron chi connectivity index (χ4n) is 1.14. The van der Waals surface area contributed by atoms with Crippen LogP contribution in [0.2, 0.25) is 0 Å². The number of aliphatic hydroxyl groups excluding tert-OH is 1. The molecule has 1 rings (SSSR count). The Hall–Kier alpha value is -1.53. The molecule has 3 nitrogen and oxygen atoms in total. The molecule has 1 N–H and O–H groups in total. The number of nitriles is 1. The lowest BCUT2D eigenvalue weighted by Gasteiger charge is -2.11. The fourth-order valence-corrected chi connectivity index (χ4v) is 1.14. The minimum absolute atomic E-state index is 0.0837. The lowest BCUT2D eigenvalue weighted by atomic mass is 10.1. The van der Waals surface area contributed by atoms with Crippen molar-refractivity contribution >= 4 is 0 Å². The van der Waals surface area contributed by atoms with Gasteiger partial charge in [-0.05, 0) is 6.07 Å². The molecule has 0 unspecified atom stereocenters. The molecule has 0 bridgehead atoms. The SMILES string of the molecule is COc1ccccc1[C@@H](O)CC#N. The van der Waals surface area contributed by atoms with Gasteiger partial charge in [0.1, 0.15) is 5.75 Å². The van der Waals surface area contributed by atoms with Gasteiger partial charge in [0.15, 0.2) is 0 Å². The van der Waals surface area contributed by atoms with E-state index in [9.17, 15) is 5.11 Å². The number of ether oxygens (including phenoxy) is 1. The zero-order valence-electron chi connectivity index (χ0n) is 7.40. The van der Waals surface area contributed by atoms with Crippen LogP contribution in [0.3, 0.4) is 0 Å². The molecule has 0 amide bonds. The van der Waals surface area contributed by atoms with Crippen molar-refractivity contribution in [2.45, 2.75) is 12.5 Å². The van der Waals surface area contributed by atoms with E-state index >= 15 is 0 Å². The highest BCUT2D eigenvalue weighted by Gasteiger charge is 2.11. The molecular weight excluding hydrogens is 166 g/mol. The topological polar surface area (TPSA) is 53.2 Å². The van der Waals surface area contributed by atoms with Gasteiger partial charge in [0.05, 0.1) is 25.7 Å². The summed E-state index contributed by atoms with van der Waals surface area (Å²) in [7, 11) is 1.54. The first-order valence-electron chi connectivity index (χ1n) is 3.97. The van der Waals surface area contributed by atoms with Gasteiger partial charge in [0, 0.05) is 5.56 Å². The summed E-state index contributed by atoms with van der Waals surface area (Å²) in [6.07, 6.45) is -0.679. The molecule has 1 atom stereocenters. The van der Waals surface area contributed by atoms with Crippen molar-refractivity contribution < 1.29 is 9.84 Å². The molecule has 3 heteroatoms. The summed E-state index contributed by atoms with van der Waals surface area (Å²) in [4.78, 5) is 0. The zero-order valence-corrected chi connectivity index (χ0v) is 7.40. The Morgan fingerprint density at radius 3 is 2.85 bits per heavy atom.